The Hall–Kier alpha value is -0.0400. The molecule has 0 unspecified atom stereocenters. The molecular weight excluding hydrogens is 110 g/mol. The highest BCUT2D eigenvalue weighted by atomic mass is 14.9. The van der Waals surface area contributed by atoms with Crippen molar-refractivity contribution < 1.29 is 0 Å². The fourth-order valence-corrected chi connectivity index (χ4v) is 0.884. The summed E-state index contributed by atoms with van der Waals surface area (Å²) in [6.07, 6.45) is 3.46. The van der Waals surface area contributed by atoms with E-state index in [9.17, 15) is 0 Å². The van der Waals surface area contributed by atoms with Crippen LogP contribution in [0, 0.1) is 6.92 Å². The Balaban J connectivity index is 3.09. The highest BCUT2D eigenvalue weighted by molar-refractivity contribution is 4.61. The molecule has 0 saturated heterocycles. The molecule has 0 fully saturated rings. The first-order valence-electron chi connectivity index (χ1n) is 3.87. The Bertz CT molecular complexity index is 48.5. The highest BCUT2D eigenvalue weighted by Gasteiger charge is 1.98. The number of hydrogen-bond donors (Lipinski definition) is 1. The SMILES string of the molecule is [CH2]CCNC(CC)CC. The van der Waals surface area contributed by atoms with Gasteiger partial charge in [0, 0.05) is 6.04 Å². The summed E-state index contributed by atoms with van der Waals surface area (Å²) in [4.78, 5) is 0. The van der Waals surface area contributed by atoms with Gasteiger partial charge >= 0.3 is 0 Å². The zero-order valence-electron chi connectivity index (χ0n) is 6.61. The molecule has 0 aromatic carbocycles. The first-order valence-corrected chi connectivity index (χ1v) is 3.87. The Morgan fingerprint density at radius 1 is 1.33 bits per heavy atom. The van der Waals surface area contributed by atoms with Gasteiger partial charge in [-0.1, -0.05) is 20.8 Å². The van der Waals surface area contributed by atoms with E-state index in [1.807, 2.05) is 0 Å². The van der Waals surface area contributed by atoms with Gasteiger partial charge in [-0.2, -0.15) is 0 Å². The average Bonchev–Trinajstić information content (AvgIpc) is 1.91. The van der Waals surface area contributed by atoms with Gasteiger partial charge in [0.1, 0.15) is 0 Å². The van der Waals surface area contributed by atoms with E-state index in [-0.39, 0.29) is 0 Å². The van der Waals surface area contributed by atoms with Crippen molar-refractivity contribution in [2.75, 3.05) is 6.54 Å². The van der Waals surface area contributed by atoms with Crippen molar-refractivity contribution in [1.29, 1.82) is 0 Å². The molecule has 0 aromatic rings. The summed E-state index contributed by atoms with van der Waals surface area (Å²) in [7, 11) is 0. The van der Waals surface area contributed by atoms with E-state index >= 15 is 0 Å². The lowest BCUT2D eigenvalue weighted by Gasteiger charge is -2.12. The van der Waals surface area contributed by atoms with Crippen LogP contribution in [0.5, 0.6) is 0 Å². The lowest BCUT2D eigenvalue weighted by Crippen LogP contribution is -2.28. The van der Waals surface area contributed by atoms with E-state index in [0.717, 1.165) is 13.0 Å². The molecule has 55 valence electrons. The molecule has 0 atom stereocenters. The molecule has 1 heteroatoms. The zero-order chi connectivity index (χ0) is 7.11. The lowest BCUT2D eigenvalue weighted by atomic mass is 10.2. The Morgan fingerprint density at radius 2 is 1.89 bits per heavy atom. The maximum atomic E-state index is 3.76. The van der Waals surface area contributed by atoms with Crippen LogP contribution in [0.2, 0.25) is 0 Å². The fraction of sp³-hybridized carbons (Fsp3) is 0.875. The van der Waals surface area contributed by atoms with E-state index < -0.39 is 0 Å². The number of rotatable bonds is 5. The molecule has 1 N–H and O–H groups in total. The van der Waals surface area contributed by atoms with Crippen LogP contribution >= 0.6 is 0 Å². The van der Waals surface area contributed by atoms with Crippen molar-refractivity contribution in [2.24, 2.45) is 0 Å². The molecule has 1 radical (unpaired) electrons. The lowest BCUT2D eigenvalue weighted by molar-refractivity contribution is 0.490. The van der Waals surface area contributed by atoms with Crippen LogP contribution in [0.1, 0.15) is 33.1 Å². The molecule has 0 bridgehead atoms. The molecule has 1 nitrogen and oxygen atoms in total. The van der Waals surface area contributed by atoms with Crippen LogP contribution in [-0.4, -0.2) is 12.6 Å². The molecule has 0 amide bonds. The second-order valence-corrected chi connectivity index (χ2v) is 2.32. The summed E-state index contributed by atoms with van der Waals surface area (Å²) < 4.78 is 0. The van der Waals surface area contributed by atoms with Crippen LogP contribution < -0.4 is 5.32 Å². The first-order chi connectivity index (χ1) is 4.35. The maximum Gasteiger partial charge on any atom is 0.00618 e. The summed E-state index contributed by atoms with van der Waals surface area (Å²) in [5, 5.41) is 3.41. The van der Waals surface area contributed by atoms with E-state index in [4.69, 9.17) is 0 Å². The van der Waals surface area contributed by atoms with E-state index in [1.165, 1.54) is 12.8 Å². The minimum atomic E-state index is 0.715. The van der Waals surface area contributed by atoms with Crippen molar-refractivity contribution in [3.05, 3.63) is 6.92 Å². The Kier molecular flexibility index (Phi) is 6.06. The Morgan fingerprint density at radius 3 is 2.22 bits per heavy atom. The van der Waals surface area contributed by atoms with Crippen molar-refractivity contribution in [1.82, 2.24) is 5.32 Å². The van der Waals surface area contributed by atoms with Crippen LogP contribution in [0.15, 0.2) is 0 Å². The van der Waals surface area contributed by atoms with E-state index in [1.54, 1.807) is 0 Å². The largest absolute Gasteiger partial charge is 0.314 e. The van der Waals surface area contributed by atoms with Gasteiger partial charge in [0.05, 0.1) is 0 Å². The average molecular weight is 128 g/mol. The molecule has 0 spiro atoms. The Labute approximate surface area is 58.8 Å². The standard InChI is InChI=1S/C8H18N/c1-4-7-9-8(5-2)6-3/h8-9H,1,4-7H2,2-3H3. The van der Waals surface area contributed by atoms with Crippen molar-refractivity contribution in [3.63, 3.8) is 0 Å². The number of hydrogen-bond acceptors (Lipinski definition) is 1. The fourth-order valence-electron chi connectivity index (χ4n) is 0.884. The zero-order valence-corrected chi connectivity index (χ0v) is 6.61. The molecule has 0 aromatic heterocycles. The molecule has 0 rings (SSSR count). The van der Waals surface area contributed by atoms with E-state index in [2.05, 4.69) is 26.1 Å². The second kappa shape index (κ2) is 6.09. The third kappa shape index (κ3) is 4.46. The summed E-state index contributed by atoms with van der Waals surface area (Å²) in [5.74, 6) is 0. The van der Waals surface area contributed by atoms with Crippen LogP contribution in [0.4, 0.5) is 0 Å². The normalized spacial score (nSPS) is 10.7. The van der Waals surface area contributed by atoms with Gasteiger partial charge in [-0.3, -0.25) is 0 Å². The highest BCUT2D eigenvalue weighted by Crippen LogP contribution is 1.94. The molecule has 9 heavy (non-hydrogen) atoms. The minimum Gasteiger partial charge on any atom is -0.314 e. The van der Waals surface area contributed by atoms with Crippen LogP contribution in [0.25, 0.3) is 0 Å². The summed E-state index contributed by atoms with van der Waals surface area (Å²) in [6.45, 7) is 9.25. The van der Waals surface area contributed by atoms with Gasteiger partial charge in [-0.15, -0.1) is 0 Å². The molecule has 0 aliphatic carbocycles. The third-order valence-corrected chi connectivity index (χ3v) is 1.60. The maximum absolute atomic E-state index is 3.76. The molecule has 0 aliphatic heterocycles. The molecule has 0 heterocycles. The summed E-state index contributed by atoms with van der Waals surface area (Å²) >= 11 is 0. The molecule has 0 saturated carbocycles. The predicted octanol–water partition coefficient (Wildman–Crippen LogP) is 1.99. The first kappa shape index (κ1) is 8.96. The minimum absolute atomic E-state index is 0.715. The second-order valence-electron chi connectivity index (χ2n) is 2.32. The van der Waals surface area contributed by atoms with Gasteiger partial charge < -0.3 is 5.32 Å². The topological polar surface area (TPSA) is 12.0 Å². The van der Waals surface area contributed by atoms with Crippen molar-refractivity contribution in [2.45, 2.75) is 39.2 Å². The van der Waals surface area contributed by atoms with Crippen molar-refractivity contribution >= 4 is 0 Å². The van der Waals surface area contributed by atoms with Gasteiger partial charge in [0.15, 0.2) is 0 Å². The van der Waals surface area contributed by atoms with Crippen LogP contribution in [-0.2, 0) is 0 Å². The monoisotopic (exact) mass is 128 g/mol. The van der Waals surface area contributed by atoms with Gasteiger partial charge in [0.25, 0.3) is 0 Å². The smallest absolute Gasteiger partial charge is 0.00618 e. The van der Waals surface area contributed by atoms with Crippen molar-refractivity contribution in [3.8, 4) is 0 Å². The third-order valence-electron chi connectivity index (χ3n) is 1.60. The summed E-state index contributed by atoms with van der Waals surface area (Å²) in [5.41, 5.74) is 0. The van der Waals surface area contributed by atoms with E-state index in [0.29, 0.717) is 6.04 Å². The number of nitrogens with one attached hydrogen (secondary N) is 1. The molecular formula is C8H18N. The van der Waals surface area contributed by atoms with Gasteiger partial charge in [0.2, 0.25) is 0 Å². The molecule has 0 aliphatic rings. The van der Waals surface area contributed by atoms with Gasteiger partial charge in [-0.05, 0) is 25.8 Å². The quantitative estimate of drug-likeness (QED) is 0.597. The van der Waals surface area contributed by atoms with Gasteiger partial charge in [-0.25, -0.2) is 0 Å². The summed E-state index contributed by atoms with van der Waals surface area (Å²) in [6, 6.07) is 0.715. The van der Waals surface area contributed by atoms with Crippen LogP contribution in [0.3, 0.4) is 0 Å². The predicted molar refractivity (Wildman–Crippen MR) is 42.3 cm³/mol.